The second kappa shape index (κ2) is 9.92. The molecule has 1 aromatic heterocycles. The van der Waals surface area contributed by atoms with E-state index >= 15 is 0 Å². The maximum atomic E-state index is 12.2. The van der Waals surface area contributed by atoms with Gasteiger partial charge < -0.3 is 9.47 Å². The van der Waals surface area contributed by atoms with Crippen molar-refractivity contribution in [1.29, 1.82) is 5.26 Å². The Morgan fingerprint density at radius 1 is 1.22 bits per heavy atom. The van der Waals surface area contributed by atoms with Crippen LogP contribution in [0.5, 0.6) is 0 Å². The molecule has 1 aromatic carbocycles. The molecule has 7 nitrogen and oxygen atoms in total. The number of aromatic nitrogens is 2. The summed E-state index contributed by atoms with van der Waals surface area (Å²) in [4.78, 5) is 24.3. The second-order valence-corrected chi connectivity index (χ2v) is 5.59. The van der Waals surface area contributed by atoms with Crippen molar-refractivity contribution >= 4 is 18.0 Å². The summed E-state index contributed by atoms with van der Waals surface area (Å²) in [5.74, 6) is -1.36. The average molecular weight is 367 g/mol. The zero-order chi connectivity index (χ0) is 19.6. The molecule has 0 aliphatic heterocycles. The Hall–Kier alpha value is -3.40. The fraction of sp³-hybridized carbons (Fsp3) is 0.300. The van der Waals surface area contributed by atoms with E-state index in [9.17, 15) is 14.9 Å². The molecular weight excluding hydrogens is 346 g/mol. The summed E-state index contributed by atoms with van der Waals surface area (Å²) in [6.45, 7) is 4.08. The first-order chi connectivity index (χ1) is 13.1. The van der Waals surface area contributed by atoms with Crippen LogP contribution in [-0.2, 0) is 14.3 Å². The molecule has 7 heteroatoms. The standard InChI is InChI=1S/C20H21N3O4/c1-3-5-11-27-19(24)15(13-21)12-16-14-23(17-9-7-6-8-10-17)22-18(16)20(25)26-4-2/h6-10,12,14H,3-5,11H2,1-2H3/b15-12-. The molecule has 0 unspecified atom stereocenters. The van der Waals surface area contributed by atoms with Gasteiger partial charge in [0, 0.05) is 11.8 Å². The maximum Gasteiger partial charge on any atom is 0.359 e. The minimum Gasteiger partial charge on any atom is -0.462 e. The van der Waals surface area contributed by atoms with Gasteiger partial charge in [-0.3, -0.25) is 0 Å². The van der Waals surface area contributed by atoms with E-state index in [0.717, 1.165) is 12.1 Å². The molecule has 0 saturated heterocycles. The van der Waals surface area contributed by atoms with Crippen molar-refractivity contribution in [3.8, 4) is 11.8 Å². The predicted octanol–water partition coefficient (Wildman–Crippen LogP) is 3.30. The minimum absolute atomic E-state index is 0.0230. The molecule has 2 aromatic rings. The summed E-state index contributed by atoms with van der Waals surface area (Å²) >= 11 is 0. The summed E-state index contributed by atoms with van der Waals surface area (Å²) in [6, 6.07) is 11.0. The van der Waals surface area contributed by atoms with Crippen molar-refractivity contribution in [2.24, 2.45) is 0 Å². The average Bonchev–Trinajstić information content (AvgIpc) is 3.11. The highest BCUT2D eigenvalue weighted by Gasteiger charge is 2.20. The van der Waals surface area contributed by atoms with E-state index in [4.69, 9.17) is 9.47 Å². The number of esters is 2. The van der Waals surface area contributed by atoms with E-state index in [2.05, 4.69) is 5.10 Å². The third kappa shape index (κ3) is 5.28. The molecule has 0 atom stereocenters. The minimum atomic E-state index is -0.729. The number of carbonyl (C=O) groups is 2. The van der Waals surface area contributed by atoms with Gasteiger partial charge in [-0.1, -0.05) is 31.5 Å². The summed E-state index contributed by atoms with van der Waals surface area (Å²) < 4.78 is 11.6. The SMILES string of the molecule is CCCCOC(=O)/C(C#N)=C\c1cn(-c2ccccc2)nc1C(=O)OCC. The molecular formula is C20H21N3O4. The highest BCUT2D eigenvalue weighted by Crippen LogP contribution is 2.17. The Balaban J connectivity index is 2.40. The molecule has 0 bridgehead atoms. The van der Waals surface area contributed by atoms with Crippen molar-refractivity contribution in [2.45, 2.75) is 26.7 Å². The summed E-state index contributed by atoms with van der Waals surface area (Å²) in [5, 5.41) is 13.6. The molecule has 2 rings (SSSR count). The Bertz CT molecular complexity index is 863. The van der Waals surface area contributed by atoms with E-state index in [1.807, 2.05) is 43.3 Å². The largest absolute Gasteiger partial charge is 0.462 e. The fourth-order valence-electron chi connectivity index (χ4n) is 2.24. The topological polar surface area (TPSA) is 94.2 Å². The lowest BCUT2D eigenvalue weighted by Crippen LogP contribution is -2.09. The summed E-state index contributed by atoms with van der Waals surface area (Å²) in [7, 11) is 0. The summed E-state index contributed by atoms with van der Waals surface area (Å²) in [5.41, 5.74) is 0.854. The quantitative estimate of drug-likeness (QED) is 0.307. The van der Waals surface area contributed by atoms with Gasteiger partial charge >= 0.3 is 11.9 Å². The third-order valence-electron chi connectivity index (χ3n) is 3.60. The number of nitriles is 1. The van der Waals surface area contributed by atoms with Gasteiger partial charge in [-0.05, 0) is 31.6 Å². The third-order valence-corrected chi connectivity index (χ3v) is 3.60. The van der Waals surface area contributed by atoms with Gasteiger partial charge in [0.05, 0.1) is 18.9 Å². The van der Waals surface area contributed by atoms with E-state index in [1.165, 1.54) is 10.8 Å². The Morgan fingerprint density at radius 3 is 2.59 bits per heavy atom. The molecule has 0 radical (unpaired) electrons. The van der Waals surface area contributed by atoms with Gasteiger partial charge in [0.2, 0.25) is 0 Å². The highest BCUT2D eigenvalue weighted by molar-refractivity contribution is 6.00. The molecule has 140 valence electrons. The molecule has 1 heterocycles. The van der Waals surface area contributed by atoms with Crippen LogP contribution in [0.2, 0.25) is 0 Å². The van der Waals surface area contributed by atoms with Crippen molar-refractivity contribution < 1.29 is 19.1 Å². The van der Waals surface area contributed by atoms with Crippen LogP contribution in [0.15, 0.2) is 42.1 Å². The molecule has 0 spiro atoms. The fourth-order valence-corrected chi connectivity index (χ4v) is 2.24. The number of unbranched alkanes of at least 4 members (excludes halogenated alkanes) is 1. The van der Waals surface area contributed by atoms with E-state index in [0.29, 0.717) is 12.0 Å². The number of hydrogen-bond acceptors (Lipinski definition) is 6. The zero-order valence-corrected chi connectivity index (χ0v) is 15.3. The second-order valence-electron chi connectivity index (χ2n) is 5.59. The number of rotatable bonds is 8. The van der Waals surface area contributed by atoms with Gasteiger partial charge in [-0.25, -0.2) is 14.3 Å². The van der Waals surface area contributed by atoms with Crippen molar-refractivity contribution in [2.75, 3.05) is 13.2 Å². The first-order valence-corrected chi connectivity index (χ1v) is 8.71. The number of nitrogens with zero attached hydrogens (tertiary/aromatic N) is 3. The van der Waals surface area contributed by atoms with Gasteiger partial charge in [-0.2, -0.15) is 10.4 Å². The number of benzene rings is 1. The van der Waals surface area contributed by atoms with Crippen LogP contribution >= 0.6 is 0 Å². The highest BCUT2D eigenvalue weighted by atomic mass is 16.5. The van der Waals surface area contributed by atoms with Gasteiger partial charge in [-0.15, -0.1) is 0 Å². The molecule has 0 amide bonds. The first kappa shape index (κ1) is 19.9. The lowest BCUT2D eigenvalue weighted by Gasteiger charge is -2.02. The molecule has 0 N–H and O–H groups in total. The van der Waals surface area contributed by atoms with Crippen molar-refractivity contribution in [1.82, 2.24) is 9.78 Å². The van der Waals surface area contributed by atoms with Gasteiger partial charge in [0.15, 0.2) is 5.69 Å². The van der Waals surface area contributed by atoms with Crippen LogP contribution in [0, 0.1) is 11.3 Å². The molecule has 0 fully saturated rings. The van der Waals surface area contributed by atoms with E-state index < -0.39 is 11.9 Å². The molecule has 0 saturated carbocycles. The van der Waals surface area contributed by atoms with Crippen molar-refractivity contribution in [3.63, 3.8) is 0 Å². The van der Waals surface area contributed by atoms with Crippen LogP contribution < -0.4 is 0 Å². The normalized spacial score (nSPS) is 10.9. The first-order valence-electron chi connectivity index (χ1n) is 8.71. The van der Waals surface area contributed by atoms with Gasteiger partial charge in [0.25, 0.3) is 0 Å². The lowest BCUT2D eigenvalue weighted by atomic mass is 10.1. The lowest BCUT2D eigenvalue weighted by molar-refractivity contribution is -0.138. The van der Waals surface area contributed by atoms with E-state index in [-0.39, 0.29) is 24.5 Å². The maximum absolute atomic E-state index is 12.2. The number of hydrogen-bond donors (Lipinski definition) is 0. The van der Waals surface area contributed by atoms with Gasteiger partial charge in [0.1, 0.15) is 11.6 Å². The molecule has 27 heavy (non-hydrogen) atoms. The Kier molecular flexibility index (Phi) is 7.32. The predicted molar refractivity (Wildman–Crippen MR) is 99.0 cm³/mol. The van der Waals surface area contributed by atoms with Crippen LogP contribution in [0.1, 0.15) is 42.7 Å². The smallest absolute Gasteiger partial charge is 0.359 e. The molecule has 0 aliphatic rings. The van der Waals surface area contributed by atoms with Crippen LogP contribution in [0.25, 0.3) is 11.8 Å². The zero-order valence-electron chi connectivity index (χ0n) is 15.3. The monoisotopic (exact) mass is 367 g/mol. The summed E-state index contributed by atoms with van der Waals surface area (Å²) in [6.07, 6.45) is 4.45. The number of ether oxygens (including phenoxy) is 2. The number of para-hydroxylation sites is 1. The van der Waals surface area contributed by atoms with Crippen LogP contribution in [0.3, 0.4) is 0 Å². The Labute approximate surface area is 157 Å². The number of carbonyl (C=O) groups excluding carboxylic acids is 2. The molecule has 0 aliphatic carbocycles. The van der Waals surface area contributed by atoms with Crippen molar-refractivity contribution in [3.05, 3.63) is 53.4 Å². The van der Waals surface area contributed by atoms with Crippen LogP contribution in [0.4, 0.5) is 0 Å². The van der Waals surface area contributed by atoms with Crippen LogP contribution in [-0.4, -0.2) is 34.9 Å². The Morgan fingerprint density at radius 2 is 1.96 bits per heavy atom. The van der Waals surface area contributed by atoms with E-state index in [1.54, 1.807) is 13.1 Å².